The molecule has 0 N–H and O–H groups in total. The summed E-state index contributed by atoms with van der Waals surface area (Å²) < 4.78 is 36.1. The molecular weight excluding hydrogens is 356 g/mol. The van der Waals surface area contributed by atoms with E-state index in [0.717, 1.165) is 38.5 Å². The SMILES string of the molecule is CCCCC(CCCC)CS(=O)[O-].[C-]#[O+].[C-]#[O+].[Fe].[c-]1[c-][c-][cH-][c-]1. The Morgan fingerprint density at radius 2 is 1.43 bits per heavy atom. The Kier molecular flexibility index (Phi) is 38.9. The molecule has 1 aromatic carbocycles. The summed E-state index contributed by atoms with van der Waals surface area (Å²) in [5, 5.41) is 0. The van der Waals surface area contributed by atoms with Crippen LogP contribution in [-0.2, 0) is 37.5 Å². The third-order valence-corrected chi connectivity index (χ3v) is 3.40. The maximum atomic E-state index is 10.5. The molecule has 0 radical (unpaired) electrons. The summed E-state index contributed by atoms with van der Waals surface area (Å²) in [6.45, 7) is 13.3. The van der Waals surface area contributed by atoms with E-state index in [9.17, 15) is 8.76 Å². The Morgan fingerprint density at radius 1 is 1.04 bits per heavy atom. The van der Waals surface area contributed by atoms with E-state index >= 15 is 0 Å². The zero-order valence-corrected chi connectivity index (χ0v) is 15.4. The molecule has 1 rings (SSSR count). The van der Waals surface area contributed by atoms with Gasteiger partial charge in [-0.05, 0) is 18.8 Å². The molecule has 23 heavy (non-hydrogen) atoms. The molecule has 0 spiro atoms. The van der Waals surface area contributed by atoms with Gasteiger partial charge in [-0.2, -0.15) is 0 Å². The number of unbranched alkanes of at least 4 members (excludes halogenated alkanes) is 2. The average Bonchev–Trinajstić information content (AvgIpc) is 3.13. The van der Waals surface area contributed by atoms with Crippen LogP contribution in [0, 0.1) is 43.5 Å². The summed E-state index contributed by atoms with van der Waals surface area (Å²) in [6.07, 6.45) is 6.79. The fourth-order valence-electron chi connectivity index (χ4n) is 1.67. The van der Waals surface area contributed by atoms with E-state index in [1.165, 1.54) is 0 Å². The van der Waals surface area contributed by atoms with Crippen molar-refractivity contribution < 1.29 is 35.1 Å². The molecule has 1 aromatic rings. The zero-order chi connectivity index (χ0) is 17.6. The monoisotopic (exact) mass is 378 g/mol. The van der Waals surface area contributed by atoms with Crippen molar-refractivity contribution in [1.29, 1.82) is 0 Å². The normalized spacial score (nSPS) is 9.57. The summed E-state index contributed by atoms with van der Waals surface area (Å²) in [4.78, 5) is 0. The van der Waals surface area contributed by atoms with Crippen molar-refractivity contribution in [1.82, 2.24) is 0 Å². The fraction of sp³-hybridized carbons (Fsp3) is 0.588. The third-order valence-electron chi connectivity index (χ3n) is 2.65. The van der Waals surface area contributed by atoms with Crippen LogP contribution in [0.4, 0.5) is 0 Å². The molecule has 0 aliphatic rings. The van der Waals surface area contributed by atoms with Crippen LogP contribution in [0.15, 0.2) is 6.07 Å². The molecule has 1 atom stereocenters. The van der Waals surface area contributed by atoms with E-state index in [1.807, 2.05) is 0 Å². The molecule has 0 aliphatic carbocycles. The maximum absolute atomic E-state index is 10.5. The molecule has 0 saturated heterocycles. The van der Waals surface area contributed by atoms with E-state index in [1.54, 1.807) is 6.07 Å². The van der Waals surface area contributed by atoms with Gasteiger partial charge in [0.05, 0.1) is 0 Å². The Morgan fingerprint density at radius 3 is 1.65 bits per heavy atom. The van der Waals surface area contributed by atoms with Crippen LogP contribution in [0.25, 0.3) is 0 Å². The summed E-state index contributed by atoms with van der Waals surface area (Å²) in [5.41, 5.74) is 0. The largest absolute Gasteiger partial charge is 0.999 e. The van der Waals surface area contributed by atoms with Gasteiger partial charge in [0.2, 0.25) is 0 Å². The minimum atomic E-state index is -1.85. The first-order valence-electron chi connectivity index (χ1n) is 7.00. The molecule has 134 valence electrons. The Bertz CT molecular complexity index is 319. The molecule has 0 aliphatic heterocycles. The van der Waals surface area contributed by atoms with Crippen molar-refractivity contribution >= 4 is 11.1 Å². The van der Waals surface area contributed by atoms with Crippen LogP contribution in [0.1, 0.15) is 52.4 Å². The molecule has 0 amide bonds. The van der Waals surface area contributed by atoms with Gasteiger partial charge in [0.15, 0.2) is 0 Å². The second-order valence-corrected chi connectivity index (χ2v) is 5.24. The van der Waals surface area contributed by atoms with Gasteiger partial charge >= 0.3 is 22.6 Å². The average molecular weight is 378 g/mol. The molecule has 0 aromatic heterocycles. The predicted molar refractivity (Wildman–Crippen MR) is 81.6 cm³/mol. The minimum absolute atomic E-state index is 0. The van der Waals surface area contributed by atoms with Crippen molar-refractivity contribution in [3.05, 3.63) is 43.6 Å². The van der Waals surface area contributed by atoms with Gasteiger partial charge in [-0.25, -0.2) is 0 Å². The fourth-order valence-corrected chi connectivity index (χ4v) is 2.39. The first kappa shape index (κ1) is 30.4. The van der Waals surface area contributed by atoms with Crippen LogP contribution >= 0.6 is 0 Å². The van der Waals surface area contributed by atoms with Crippen LogP contribution in [0.2, 0.25) is 0 Å². The van der Waals surface area contributed by atoms with Gasteiger partial charge in [-0.3, -0.25) is 4.21 Å². The van der Waals surface area contributed by atoms with Crippen molar-refractivity contribution in [2.75, 3.05) is 5.75 Å². The van der Waals surface area contributed by atoms with E-state index in [2.05, 4.69) is 51.4 Å². The van der Waals surface area contributed by atoms with E-state index in [4.69, 9.17) is 9.30 Å². The van der Waals surface area contributed by atoms with Crippen molar-refractivity contribution in [2.45, 2.75) is 52.4 Å². The first-order chi connectivity index (χ1) is 10.7. The first-order valence-corrected chi connectivity index (χ1v) is 8.24. The summed E-state index contributed by atoms with van der Waals surface area (Å²) in [7, 11) is 0. The Labute approximate surface area is 154 Å². The molecule has 6 heteroatoms. The van der Waals surface area contributed by atoms with Crippen LogP contribution < -0.4 is 0 Å². The van der Waals surface area contributed by atoms with Crippen LogP contribution in [0.3, 0.4) is 0 Å². The van der Waals surface area contributed by atoms with Gasteiger partial charge < -0.3 is 34.9 Å². The van der Waals surface area contributed by atoms with Gasteiger partial charge in [-0.1, -0.05) is 50.6 Å². The molecule has 4 nitrogen and oxygen atoms in total. The topological polar surface area (TPSA) is 79.9 Å². The molecule has 0 bridgehead atoms. The second-order valence-electron chi connectivity index (χ2n) is 4.30. The number of rotatable bonds is 8. The molecule has 0 heterocycles. The van der Waals surface area contributed by atoms with Gasteiger partial charge in [0.1, 0.15) is 0 Å². The second kappa shape index (κ2) is 29.5. The smallest absolute Gasteiger partial charge is 0 e. The summed E-state index contributed by atoms with van der Waals surface area (Å²) in [6, 6.07) is 12.0. The van der Waals surface area contributed by atoms with Gasteiger partial charge in [0.25, 0.3) is 0 Å². The molecule has 1 unspecified atom stereocenters. The molecule has 0 fully saturated rings. The van der Waals surface area contributed by atoms with Gasteiger partial charge in [-0.15, -0.1) is 0 Å². The minimum Gasteiger partial charge on any atom is -0.999 e. The maximum Gasteiger partial charge on any atom is 0 e. The summed E-state index contributed by atoms with van der Waals surface area (Å²) >= 11 is -1.85. The quantitative estimate of drug-likeness (QED) is 0.301. The number of hydrogen-bond donors (Lipinski definition) is 0. The van der Waals surface area contributed by atoms with Gasteiger partial charge in [0, 0.05) is 22.8 Å². The van der Waals surface area contributed by atoms with E-state index in [-0.39, 0.29) is 17.1 Å². The van der Waals surface area contributed by atoms with Crippen molar-refractivity contribution in [2.24, 2.45) is 5.92 Å². The van der Waals surface area contributed by atoms with Crippen LogP contribution in [-0.4, -0.2) is 14.5 Å². The Balaban J connectivity index is -0.000000149. The molecular formula is C17H22FeO4S-6. The van der Waals surface area contributed by atoms with Crippen LogP contribution in [0.5, 0.6) is 0 Å². The van der Waals surface area contributed by atoms with Crippen molar-refractivity contribution in [3.8, 4) is 0 Å². The molecule has 0 saturated carbocycles. The third kappa shape index (κ3) is 30.0. The summed E-state index contributed by atoms with van der Waals surface area (Å²) in [5.74, 6) is 0.762. The number of hydrogen-bond acceptors (Lipinski definition) is 2. The predicted octanol–water partition coefficient (Wildman–Crippen LogP) is 3.39. The van der Waals surface area contributed by atoms with Crippen molar-refractivity contribution in [3.63, 3.8) is 0 Å². The van der Waals surface area contributed by atoms with E-state index < -0.39 is 11.1 Å². The van der Waals surface area contributed by atoms with E-state index in [0.29, 0.717) is 11.7 Å². The Hall–Kier alpha value is -0.541. The standard InChI is InChI=1S/C10H22O2S.C5H.2CO.Fe/c1-3-5-7-10(8-6-4-2)9-13(11)12;1-2-4-5-3-1;2*1-2;/h10H,3-9H2,1-2H3,(H,11,12);1H;;;/q;-5;;;/p-1. The zero-order valence-electron chi connectivity index (χ0n) is 13.5.